The molecule has 0 N–H and O–H groups in total. The molecular weight excluding hydrogens is 548 g/mol. The van der Waals surface area contributed by atoms with Gasteiger partial charge in [0.05, 0.1) is 22.8 Å². The lowest BCUT2D eigenvalue weighted by molar-refractivity contribution is 0.458. The van der Waals surface area contributed by atoms with Crippen molar-refractivity contribution in [3.63, 3.8) is 0 Å². The van der Waals surface area contributed by atoms with Crippen molar-refractivity contribution in [1.29, 1.82) is 0 Å². The van der Waals surface area contributed by atoms with E-state index in [4.69, 9.17) is 9.15 Å². The van der Waals surface area contributed by atoms with Crippen molar-refractivity contribution in [1.82, 2.24) is 0 Å². The van der Waals surface area contributed by atoms with Gasteiger partial charge >= 0.3 is 11.5 Å². The zero-order valence-electron chi connectivity index (χ0n) is 25.3. The Balaban J connectivity index is 1.32. The summed E-state index contributed by atoms with van der Waals surface area (Å²) >= 11 is 0. The van der Waals surface area contributed by atoms with Gasteiger partial charge in [-0.25, -0.2) is 4.42 Å². The SMILES string of the molecule is C1=C(c2ccccc2)OC(c2ccccc2)=C2CCCC(/C=C3\CCCc4c3cc(-c3ccccc3)[o+]c4-c3ccccc3)=C12. The molecule has 5 aromatic rings. The van der Waals surface area contributed by atoms with Gasteiger partial charge in [0.15, 0.2) is 0 Å². The minimum absolute atomic E-state index is 0.909. The molecule has 0 bridgehead atoms. The molecule has 0 spiro atoms. The van der Waals surface area contributed by atoms with Gasteiger partial charge in [0.1, 0.15) is 11.5 Å². The third-order valence-corrected chi connectivity index (χ3v) is 9.15. The zero-order valence-corrected chi connectivity index (χ0v) is 25.3. The van der Waals surface area contributed by atoms with Crippen molar-refractivity contribution in [2.24, 2.45) is 0 Å². The molecule has 1 aromatic heterocycles. The summed E-state index contributed by atoms with van der Waals surface area (Å²) in [6.07, 6.45) is 11.1. The second-order valence-electron chi connectivity index (χ2n) is 12.0. The summed E-state index contributed by atoms with van der Waals surface area (Å²) in [5.41, 5.74) is 12.5. The molecule has 8 rings (SSSR count). The third-order valence-electron chi connectivity index (χ3n) is 9.15. The van der Waals surface area contributed by atoms with Crippen LogP contribution in [0, 0.1) is 0 Å². The Labute approximate surface area is 265 Å². The molecule has 2 heteroatoms. The standard InChI is InChI=1S/C43H35O2/c1-5-15-30(16-6-1)40-28-38-34(23-13-25-36(38)42(44-40)32-19-9-3-10-20-32)27-35-24-14-26-37-39(35)29-41(31-17-7-2-8-18-31)45-43(37)33-21-11-4-12-22-33/h1-12,15-22,27-29H,13-14,23-26H2/q+1. The van der Waals surface area contributed by atoms with Crippen LogP contribution >= 0.6 is 0 Å². The van der Waals surface area contributed by atoms with Gasteiger partial charge in [0, 0.05) is 16.7 Å². The summed E-state index contributed by atoms with van der Waals surface area (Å²) in [5, 5.41) is 0. The molecular formula is C43H35O2+. The molecule has 0 amide bonds. The maximum absolute atomic E-state index is 6.73. The van der Waals surface area contributed by atoms with Crippen LogP contribution in [0.5, 0.6) is 0 Å². The molecule has 2 aliphatic carbocycles. The summed E-state index contributed by atoms with van der Waals surface area (Å²) in [5.74, 6) is 3.80. The molecule has 45 heavy (non-hydrogen) atoms. The normalized spacial score (nSPS) is 17.0. The number of hydrogen-bond donors (Lipinski definition) is 0. The minimum atomic E-state index is 0.909. The molecule has 0 unspecified atom stereocenters. The summed E-state index contributed by atoms with van der Waals surface area (Å²) in [4.78, 5) is 0. The number of hydrogen-bond acceptors (Lipinski definition) is 1. The molecule has 0 radical (unpaired) electrons. The van der Waals surface area contributed by atoms with Gasteiger partial charge in [-0.05, 0) is 91.1 Å². The molecule has 0 fully saturated rings. The minimum Gasteiger partial charge on any atom is -0.456 e. The summed E-state index contributed by atoms with van der Waals surface area (Å²) in [6, 6.07) is 44.5. The molecule has 218 valence electrons. The number of rotatable bonds is 5. The second kappa shape index (κ2) is 12.1. The van der Waals surface area contributed by atoms with Crippen molar-refractivity contribution in [3.05, 3.63) is 179 Å². The van der Waals surface area contributed by atoms with E-state index in [1.807, 2.05) is 0 Å². The first-order valence-electron chi connectivity index (χ1n) is 16.1. The van der Waals surface area contributed by atoms with Gasteiger partial charge in [-0.3, -0.25) is 0 Å². The lowest BCUT2D eigenvalue weighted by Crippen LogP contribution is -2.11. The Morgan fingerprint density at radius 2 is 1.18 bits per heavy atom. The van der Waals surface area contributed by atoms with Crippen molar-refractivity contribution in [2.45, 2.75) is 38.5 Å². The van der Waals surface area contributed by atoms with E-state index in [1.165, 1.54) is 33.4 Å². The summed E-state index contributed by atoms with van der Waals surface area (Å²) < 4.78 is 13.5. The van der Waals surface area contributed by atoms with E-state index in [0.717, 1.165) is 83.8 Å². The number of ether oxygens (including phenoxy) is 1. The van der Waals surface area contributed by atoms with Crippen molar-refractivity contribution in [3.8, 4) is 22.6 Å². The van der Waals surface area contributed by atoms with Gasteiger partial charge in [-0.2, -0.15) is 0 Å². The van der Waals surface area contributed by atoms with E-state index in [0.29, 0.717) is 0 Å². The van der Waals surface area contributed by atoms with Gasteiger partial charge in [-0.1, -0.05) is 103 Å². The van der Waals surface area contributed by atoms with Crippen molar-refractivity contribution >= 4 is 17.1 Å². The Morgan fingerprint density at radius 1 is 0.578 bits per heavy atom. The fourth-order valence-electron chi connectivity index (χ4n) is 6.98. The monoisotopic (exact) mass is 583 g/mol. The fraction of sp³-hybridized carbons (Fsp3) is 0.140. The summed E-state index contributed by atoms with van der Waals surface area (Å²) in [7, 11) is 0. The van der Waals surface area contributed by atoms with Gasteiger partial charge < -0.3 is 4.74 Å². The number of allylic oxidation sites excluding steroid dienone is 6. The average molecular weight is 584 g/mol. The molecule has 0 saturated carbocycles. The molecule has 1 aliphatic heterocycles. The van der Waals surface area contributed by atoms with Crippen LogP contribution in [0.4, 0.5) is 0 Å². The predicted octanol–water partition coefficient (Wildman–Crippen LogP) is 11.6. The van der Waals surface area contributed by atoms with Gasteiger partial charge in [0.25, 0.3) is 0 Å². The highest BCUT2D eigenvalue weighted by atomic mass is 16.5. The van der Waals surface area contributed by atoms with Gasteiger partial charge in [0.2, 0.25) is 0 Å². The van der Waals surface area contributed by atoms with Crippen molar-refractivity contribution < 1.29 is 9.15 Å². The zero-order chi connectivity index (χ0) is 30.0. The largest absolute Gasteiger partial charge is 0.456 e. The molecule has 2 nitrogen and oxygen atoms in total. The molecule has 0 saturated heterocycles. The molecule has 2 heterocycles. The highest BCUT2D eigenvalue weighted by Gasteiger charge is 2.31. The smallest absolute Gasteiger partial charge is 0.364 e. The van der Waals surface area contributed by atoms with Crippen LogP contribution in [0.15, 0.2) is 161 Å². The topological polar surface area (TPSA) is 20.5 Å². The lowest BCUT2D eigenvalue weighted by atomic mass is 9.80. The average Bonchev–Trinajstić information content (AvgIpc) is 3.12. The van der Waals surface area contributed by atoms with Crippen molar-refractivity contribution in [2.75, 3.05) is 0 Å². The van der Waals surface area contributed by atoms with E-state index >= 15 is 0 Å². The van der Waals surface area contributed by atoms with Crippen LogP contribution in [0.1, 0.15) is 54.4 Å². The first-order chi connectivity index (χ1) is 22.3. The van der Waals surface area contributed by atoms with Crippen LogP contribution in [-0.4, -0.2) is 0 Å². The Hall–Kier alpha value is -5.21. The Kier molecular flexibility index (Phi) is 7.33. The fourth-order valence-corrected chi connectivity index (χ4v) is 6.98. The molecule has 3 aliphatic rings. The Morgan fingerprint density at radius 3 is 1.87 bits per heavy atom. The second-order valence-corrected chi connectivity index (χ2v) is 12.0. The van der Waals surface area contributed by atoms with Crippen LogP contribution in [-0.2, 0) is 11.2 Å². The third kappa shape index (κ3) is 5.38. The van der Waals surface area contributed by atoms with Crippen LogP contribution in [0.3, 0.4) is 0 Å². The number of fused-ring (bicyclic) bond motifs is 2. The summed E-state index contributed by atoms with van der Waals surface area (Å²) in [6.45, 7) is 0. The quantitative estimate of drug-likeness (QED) is 0.192. The molecule has 0 atom stereocenters. The predicted molar refractivity (Wildman–Crippen MR) is 185 cm³/mol. The lowest BCUT2D eigenvalue weighted by Gasteiger charge is -2.29. The van der Waals surface area contributed by atoms with E-state index in [1.54, 1.807) is 0 Å². The van der Waals surface area contributed by atoms with Gasteiger partial charge in [-0.15, -0.1) is 0 Å². The van der Waals surface area contributed by atoms with E-state index in [9.17, 15) is 0 Å². The van der Waals surface area contributed by atoms with E-state index < -0.39 is 0 Å². The van der Waals surface area contributed by atoms with E-state index in [-0.39, 0.29) is 0 Å². The highest BCUT2D eigenvalue weighted by molar-refractivity contribution is 5.84. The number of benzene rings is 4. The van der Waals surface area contributed by atoms with Crippen LogP contribution in [0.25, 0.3) is 39.7 Å². The first kappa shape index (κ1) is 27.3. The van der Waals surface area contributed by atoms with Crippen LogP contribution < -0.4 is 0 Å². The Bertz CT molecular complexity index is 1980. The van der Waals surface area contributed by atoms with E-state index in [2.05, 4.69) is 140 Å². The molecule has 4 aromatic carbocycles. The van der Waals surface area contributed by atoms with Crippen LogP contribution in [0.2, 0.25) is 0 Å². The maximum atomic E-state index is 6.73. The highest BCUT2D eigenvalue weighted by Crippen LogP contribution is 2.46. The maximum Gasteiger partial charge on any atom is 0.364 e. The first-order valence-corrected chi connectivity index (χ1v) is 16.1.